The molecular formula is C16H26N2O2. The van der Waals surface area contributed by atoms with Crippen molar-refractivity contribution >= 4 is 0 Å². The van der Waals surface area contributed by atoms with Gasteiger partial charge >= 0.3 is 0 Å². The summed E-state index contributed by atoms with van der Waals surface area (Å²) in [4.78, 5) is 2.48. The molecule has 0 unspecified atom stereocenters. The maximum atomic E-state index is 5.92. The second-order valence-electron chi connectivity index (χ2n) is 5.27. The molecule has 0 bridgehead atoms. The quantitative estimate of drug-likeness (QED) is 0.829. The van der Waals surface area contributed by atoms with Gasteiger partial charge in [-0.2, -0.15) is 0 Å². The van der Waals surface area contributed by atoms with Gasteiger partial charge < -0.3 is 14.8 Å². The van der Waals surface area contributed by atoms with E-state index in [1.165, 1.54) is 37.9 Å². The van der Waals surface area contributed by atoms with Crippen LogP contribution in [0, 0.1) is 0 Å². The zero-order chi connectivity index (χ0) is 14.2. The van der Waals surface area contributed by atoms with E-state index in [1.807, 2.05) is 13.1 Å². The van der Waals surface area contributed by atoms with Crippen molar-refractivity contribution in [3.63, 3.8) is 0 Å². The van der Waals surface area contributed by atoms with E-state index >= 15 is 0 Å². The van der Waals surface area contributed by atoms with Crippen molar-refractivity contribution in [3.8, 4) is 11.5 Å². The molecule has 1 aliphatic heterocycles. The Hall–Kier alpha value is -1.26. The Morgan fingerprint density at radius 1 is 1.15 bits per heavy atom. The van der Waals surface area contributed by atoms with Gasteiger partial charge in [0.1, 0.15) is 6.61 Å². The lowest BCUT2D eigenvalue weighted by Gasteiger charge is -2.26. The highest BCUT2D eigenvalue weighted by atomic mass is 16.5. The maximum Gasteiger partial charge on any atom is 0.161 e. The first kappa shape index (κ1) is 15.1. The molecule has 0 aliphatic carbocycles. The second-order valence-corrected chi connectivity index (χ2v) is 5.27. The molecule has 1 N–H and O–H groups in total. The van der Waals surface area contributed by atoms with Crippen LogP contribution in [0.5, 0.6) is 11.5 Å². The molecule has 1 saturated heterocycles. The molecule has 0 spiro atoms. The van der Waals surface area contributed by atoms with E-state index in [0.717, 1.165) is 31.2 Å². The molecule has 0 atom stereocenters. The fraction of sp³-hybridized carbons (Fsp3) is 0.625. The van der Waals surface area contributed by atoms with Crippen LogP contribution in [0.15, 0.2) is 18.2 Å². The van der Waals surface area contributed by atoms with Crippen molar-refractivity contribution in [2.75, 3.05) is 40.4 Å². The first-order valence-corrected chi connectivity index (χ1v) is 7.50. The van der Waals surface area contributed by atoms with Crippen LogP contribution in [-0.4, -0.2) is 45.3 Å². The monoisotopic (exact) mass is 278 g/mol. The molecule has 1 aromatic carbocycles. The number of benzene rings is 1. The maximum absolute atomic E-state index is 5.92. The standard InChI is InChI=1S/C16H26N2O2/c1-17-13-14-6-7-15(19-2)16(12-14)20-11-10-18-8-4-3-5-9-18/h6-7,12,17H,3-5,8-11,13H2,1-2H3. The lowest BCUT2D eigenvalue weighted by molar-refractivity contribution is 0.180. The molecule has 1 aromatic rings. The SMILES string of the molecule is CNCc1ccc(OC)c(OCCN2CCCCC2)c1. The molecule has 112 valence electrons. The summed E-state index contributed by atoms with van der Waals surface area (Å²) in [6, 6.07) is 6.10. The predicted molar refractivity (Wildman–Crippen MR) is 81.5 cm³/mol. The fourth-order valence-electron chi connectivity index (χ4n) is 2.62. The minimum Gasteiger partial charge on any atom is -0.493 e. The number of nitrogens with zero attached hydrogens (tertiary/aromatic N) is 1. The lowest BCUT2D eigenvalue weighted by Crippen LogP contribution is -2.33. The largest absolute Gasteiger partial charge is 0.493 e. The molecule has 1 fully saturated rings. The smallest absolute Gasteiger partial charge is 0.161 e. The fourth-order valence-corrected chi connectivity index (χ4v) is 2.62. The van der Waals surface area contributed by atoms with E-state index < -0.39 is 0 Å². The van der Waals surface area contributed by atoms with Crippen molar-refractivity contribution in [2.45, 2.75) is 25.8 Å². The Morgan fingerprint density at radius 3 is 2.65 bits per heavy atom. The van der Waals surface area contributed by atoms with E-state index in [2.05, 4.69) is 22.3 Å². The Morgan fingerprint density at radius 2 is 1.95 bits per heavy atom. The molecule has 1 aliphatic rings. The number of methoxy groups -OCH3 is 1. The van der Waals surface area contributed by atoms with Gasteiger partial charge in [-0.05, 0) is 50.7 Å². The van der Waals surface area contributed by atoms with Gasteiger partial charge in [0, 0.05) is 13.1 Å². The van der Waals surface area contributed by atoms with Gasteiger partial charge in [-0.15, -0.1) is 0 Å². The van der Waals surface area contributed by atoms with Gasteiger partial charge in [-0.3, -0.25) is 4.90 Å². The normalized spacial score (nSPS) is 16.1. The van der Waals surface area contributed by atoms with Crippen LogP contribution >= 0.6 is 0 Å². The van der Waals surface area contributed by atoms with Crippen LogP contribution in [0.1, 0.15) is 24.8 Å². The summed E-state index contributed by atoms with van der Waals surface area (Å²) >= 11 is 0. The lowest BCUT2D eigenvalue weighted by atomic mass is 10.1. The van der Waals surface area contributed by atoms with Crippen LogP contribution in [0.3, 0.4) is 0 Å². The first-order valence-electron chi connectivity index (χ1n) is 7.50. The number of hydrogen-bond acceptors (Lipinski definition) is 4. The highest BCUT2D eigenvalue weighted by Crippen LogP contribution is 2.28. The average molecular weight is 278 g/mol. The third kappa shape index (κ3) is 4.39. The molecule has 0 aromatic heterocycles. The van der Waals surface area contributed by atoms with Gasteiger partial charge in [0.05, 0.1) is 7.11 Å². The Bertz CT molecular complexity index is 403. The summed E-state index contributed by atoms with van der Waals surface area (Å²) in [7, 11) is 3.63. The first-order chi connectivity index (χ1) is 9.83. The summed E-state index contributed by atoms with van der Waals surface area (Å²) in [5.41, 5.74) is 1.21. The van der Waals surface area contributed by atoms with Gasteiger partial charge in [0.2, 0.25) is 0 Å². The third-order valence-corrected chi connectivity index (χ3v) is 3.72. The number of hydrogen-bond donors (Lipinski definition) is 1. The summed E-state index contributed by atoms with van der Waals surface area (Å²) in [6.45, 7) is 4.98. The van der Waals surface area contributed by atoms with Gasteiger partial charge in [-0.25, -0.2) is 0 Å². The summed E-state index contributed by atoms with van der Waals surface area (Å²) < 4.78 is 11.3. The molecule has 0 radical (unpaired) electrons. The second kappa shape index (κ2) is 8.12. The van der Waals surface area contributed by atoms with Crippen molar-refractivity contribution < 1.29 is 9.47 Å². The Kier molecular flexibility index (Phi) is 6.15. The zero-order valence-electron chi connectivity index (χ0n) is 12.7. The van der Waals surface area contributed by atoms with Crippen LogP contribution < -0.4 is 14.8 Å². The summed E-state index contributed by atoms with van der Waals surface area (Å²) in [5, 5.41) is 3.15. The van der Waals surface area contributed by atoms with Crippen molar-refractivity contribution in [1.82, 2.24) is 10.2 Å². The molecule has 4 heteroatoms. The Labute approximate surface area is 122 Å². The molecule has 1 heterocycles. The zero-order valence-corrected chi connectivity index (χ0v) is 12.7. The number of nitrogens with one attached hydrogen (secondary N) is 1. The van der Waals surface area contributed by atoms with Gasteiger partial charge in [0.25, 0.3) is 0 Å². The van der Waals surface area contributed by atoms with Crippen molar-refractivity contribution in [2.24, 2.45) is 0 Å². The molecule has 0 amide bonds. The van der Waals surface area contributed by atoms with Gasteiger partial charge in [-0.1, -0.05) is 12.5 Å². The molecule has 2 rings (SSSR count). The average Bonchev–Trinajstić information content (AvgIpc) is 2.49. The van der Waals surface area contributed by atoms with Crippen molar-refractivity contribution in [3.05, 3.63) is 23.8 Å². The van der Waals surface area contributed by atoms with Crippen LogP contribution in [0.4, 0.5) is 0 Å². The van der Waals surface area contributed by atoms with E-state index in [-0.39, 0.29) is 0 Å². The van der Waals surface area contributed by atoms with E-state index in [0.29, 0.717) is 0 Å². The van der Waals surface area contributed by atoms with Crippen LogP contribution in [0.2, 0.25) is 0 Å². The van der Waals surface area contributed by atoms with Crippen LogP contribution in [0.25, 0.3) is 0 Å². The molecular weight excluding hydrogens is 252 g/mol. The van der Waals surface area contributed by atoms with E-state index in [4.69, 9.17) is 9.47 Å². The van der Waals surface area contributed by atoms with Crippen LogP contribution in [-0.2, 0) is 6.54 Å². The number of piperidine rings is 1. The Balaban J connectivity index is 1.87. The molecule has 0 saturated carbocycles. The minimum absolute atomic E-state index is 0.722. The molecule has 20 heavy (non-hydrogen) atoms. The summed E-state index contributed by atoms with van der Waals surface area (Å²) in [6.07, 6.45) is 4.01. The third-order valence-electron chi connectivity index (χ3n) is 3.72. The number of ether oxygens (including phenoxy) is 2. The van der Waals surface area contributed by atoms with Crippen molar-refractivity contribution in [1.29, 1.82) is 0 Å². The number of likely N-dealkylation sites (tertiary alicyclic amines) is 1. The molecule has 4 nitrogen and oxygen atoms in total. The highest BCUT2D eigenvalue weighted by Gasteiger charge is 2.11. The van der Waals surface area contributed by atoms with E-state index in [1.54, 1.807) is 7.11 Å². The highest BCUT2D eigenvalue weighted by molar-refractivity contribution is 5.42. The minimum atomic E-state index is 0.722. The number of rotatable bonds is 7. The summed E-state index contributed by atoms with van der Waals surface area (Å²) in [5.74, 6) is 1.65. The van der Waals surface area contributed by atoms with Gasteiger partial charge in [0.15, 0.2) is 11.5 Å². The van der Waals surface area contributed by atoms with E-state index in [9.17, 15) is 0 Å². The predicted octanol–water partition coefficient (Wildman–Crippen LogP) is 2.28. The topological polar surface area (TPSA) is 33.7 Å².